The van der Waals surface area contributed by atoms with Crippen molar-refractivity contribution in [2.24, 2.45) is 7.05 Å². The van der Waals surface area contributed by atoms with E-state index < -0.39 is 11.8 Å². The number of nitrogens with zero attached hydrogens (tertiary/aromatic N) is 6. The van der Waals surface area contributed by atoms with E-state index in [9.17, 15) is 9.18 Å². The fraction of sp³-hybridized carbons (Fsp3) is 0.227. The Balaban J connectivity index is 1.46. The predicted octanol–water partition coefficient (Wildman–Crippen LogP) is 4.40. The quantitative estimate of drug-likeness (QED) is 0.466. The van der Waals surface area contributed by atoms with E-state index in [-0.39, 0.29) is 23.0 Å². The molecule has 0 bridgehead atoms. The Morgan fingerprint density at radius 3 is 2.67 bits per heavy atom. The van der Waals surface area contributed by atoms with Crippen LogP contribution in [0.2, 0.25) is 0 Å². The Morgan fingerprint density at radius 2 is 1.97 bits per heavy atom. The summed E-state index contributed by atoms with van der Waals surface area (Å²) in [6.45, 7) is 5.96. The van der Waals surface area contributed by atoms with E-state index in [1.807, 2.05) is 34.0 Å². The van der Waals surface area contributed by atoms with Gasteiger partial charge in [-0.1, -0.05) is 0 Å². The molecule has 0 atom stereocenters. The highest BCUT2D eigenvalue weighted by atomic mass is 19.1. The molecule has 4 rings (SSSR count). The summed E-state index contributed by atoms with van der Waals surface area (Å²) < 4.78 is 23.4. The van der Waals surface area contributed by atoms with Crippen LogP contribution in [0, 0.1) is 5.82 Å². The highest BCUT2D eigenvalue weighted by molar-refractivity contribution is 5.99. The molecular weight excluding hydrogens is 427 g/mol. The normalized spacial score (nSPS) is 11.3. The molecular formula is C22H23FN8O2. The van der Waals surface area contributed by atoms with Crippen molar-refractivity contribution in [3.05, 3.63) is 60.9 Å². The minimum Gasteiger partial charge on any atom is -0.424 e. The number of hydrogen-bond donors (Lipinski definition) is 2. The van der Waals surface area contributed by atoms with Crippen LogP contribution in [0.1, 0.15) is 20.8 Å². The lowest BCUT2D eigenvalue weighted by Crippen LogP contribution is -2.24. The number of rotatable bonds is 5. The van der Waals surface area contributed by atoms with Gasteiger partial charge in [0, 0.05) is 43.3 Å². The number of urea groups is 1. The highest BCUT2D eigenvalue weighted by Gasteiger charge is 2.16. The van der Waals surface area contributed by atoms with Gasteiger partial charge >= 0.3 is 12.0 Å². The summed E-state index contributed by atoms with van der Waals surface area (Å²) in [7, 11) is 1.81. The number of benzene rings is 1. The Labute approximate surface area is 189 Å². The van der Waals surface area contributed by atoms with Gasteiger partial charge in [-0.05, 0) is 39.0 Å². The number of aromatic nitrogens is 6. The lowest BCUT2D eigenvalue weighted by atomic mass is 10.1. The monoisotopic (exact) mass is 450 g/mol. The van der Waals surface area contributed by atoms with Gasteiger partial charge in [0.1, 0.15) is 11.6 Å². The first-order valence-electron chi connectivity index (χ1n) is 10.1. The summed E-state index contributed by atoms with van der Waals surface area (Å²) in [4.78, 5) is 20.8. The van der Waals surface area contributed by atoms with Crippen LogP contribution in [-0.4, -0.2) is 35.6 Å². The van der Waals surface area contributed by atoms with Crippen LogP contribution < -0.4 is 15.4 Å². The molecule has 0 aliphatic carbocycles. The van der Waals surface area contributed by atoms with Gasteiger partial charge in [0.05, 0.1) is 23.1 Å². The summed E-state index contributed by atoms with van der Waals surface area (Å²) in [5, 5.41) is 13.5. The lowest BCUT2D eigenvalue weighted by molar-refractivity contribution is 0.262. The summed E-state index contributed by atoms with van der Waals surface area (Å²) in [6, 6.07) is 6.78. The van der Waals surface area contributed by atoms with Gasteiger partial charge in [-0.3, -0.25) is 14.7 Å². The number of anilines is 2. The van der Waals surface area contributed by atoms with E-state index in [2.05, 4.69) is 30.8 Å². The first-order chi connectivity index (χ1) is 15.7. The molecule has 33 heavy (non-hydrogen) atoms. The van der Waals surface area contributed by atoms with Crippen molar-refractivity contribution in [2.45, 2.75) is 26.3 Å². The molecule has 0 spiro atoms. The van der Waals surface area contributed by atoms with Gasteiger partial charge in [-0.25, -0.2) is 14.2 Å². The number of aryl methyl sites for hydroxylation is 1. The summed E-state index contributed by atoms with van der Waals surface area (Å²) in [6.07, 6.45) is 6.80. The molecule has 10 nitrogen and oxygen atoms in total. The molecule has 0 saturated carbocycles. The van der Waals surface area contributed by atoms with Gasteiger partial charge < -0.3 is 10.1 Å². The molecule has 3 aromatic heterocycles. The van der Waals surface area contributed by atoms with Gasteiger partial charge in [0.15, 0.2) is 5.82 Å². The number of halogens is 1. The lowest BCUT2D eigenvalue weighted by Gasteiger charge is -2.18. The molecule has 170 valence electrons. The van der Waals surface area contributed by atoms with Crippen molar-refractivity contribution < 1.29 is 13.9 Å². The van der Waals surface area contributed by atoms with Crippen LogP contribution in [0.5, 0.6) is 11.8 Å². The molecule has 4 aromatic rings. The SMILES string of the molecule is Cn1cc(-c2ccnc(Oc3ccc(F)c(NC(=O)Nc4ccn(C(C)(C)C)n4)c3)n2)cn1. The van der Waals surface area contributed by atoms with Crippen LogP contribution >= 0.6 is 0 Å². The molecule has 2 amide bonds. The second-order valence-electron chi connectivity index (χ2n) is 8.27. The van der Waals surface area contributed by atoms with Gasteiger partial charge in [-0.15, -0.1) is 0 Å². The maximum atomic E-state index is 14.3. The molecule has 0 aliphatic rings. The third kappa shape index (κ3) is 5.32. The number of carbonyl (C=O) groups excluding carboxylic acids is 1. The largest absolute Gasteiger partial charge is 0.424 e. The Kier molecular flexibility index (Phi) is 5.78. The third-order valence-electron chi connectivity index (χ3n) is 4.55. The number of carbonyl (C=O) groups is 1. The molecule has 0 saturated heterocycles. The van der Waals surface area contributed by atoms with E-state index in [1.54, 1.807) is 40.1 Å². The zero-order valence-corrected chi connectivity index (χ0v) is 18.6. The van der Waals surface area contributed by atoms with E-state index in [0.717, 1.165) is 5.56 Å². The highest BCUT2D eigenvalue weighted by Crippen LogP contribution is 2.26. The fourth-order valence-electron chi connectivity index (χ4n) is 2.91. The maximum absolute atomic E-state index is 14.3. The van der Waals surface area contributed by atoms with Crippen LogP contribution in [0.25, 0.3) is 11.3 Å². The van der Waals surface area contributed by atoms with Crippen molar-refractivity contribution in [3.8, 4) is 23.0 Å². The molecule has 0 unspecified atom stereocenters. The van der Waals surface area contributed by atoms with E-state index in [0.29, 0.717) is 11.5 Å². The third-order valence-corrected chi connectivity index (χ3v) is 4.55. The fourth-order valence-corrected chi connectivity index (χ4v) is 2.91. The van der Waals surface area contributed by atoms with Crippen molar-refractivity contribution in [3.63, 3.8) is 0 Å². The number of amides is 2. The molecule has 0 fully saturated rings. The second kappa shape index (κ2) is 8.69. The zero-order valence-electron chi connectivity index (χ0n) is 18.6. The predicted molar refractivity (Wildman–Crippen MR) is 121 cm³/mol. The van der Waals surface area contributed by atoms with Crippen molar-refractivity contribution in [1.29, 1.82) is 0 Å². The molecule has 0 aliphatic heterocycles. The molecule has 0 radical (unpaired) electrons. The topological polar surface area (TPSA) is 112 Å². The first kappa shape index (κ1) is 21.9. The standard InChI is InChI=1S/C22H23FN8O2/c1-22(2,3)31-10-8-19(29-31)28-20(32)26-18-11-15(5-6-16(18)23)33-21-24-9-7-17(27-21)14-12-25-30(4)13-14/h5-13H,1-4H3,(H2,26,28,29,32). The van der Waals surface area contributed by atoms with Crippen LogP contribution in [-0.2, 0) is 12.6 Å². The Hall–Kier alpha value is -4.28. The van der Waals surface area contributed by atoms with E-state index in [1.165, 1.54) is 18.2 Å². The van der Waals surface area contributed by atoms with Gasteiger partial charge in [0.2, 0.25) is 0 Å². The van der Waals surface area contributed by atoms with Crippen LogP contribution in [0.4, 0.5) is 20.7 Å². The van der Waals surface area contributed by atoms with Crippen LogP contribution in [0.15, 0.2) is 55.1 Å². The van der Waals surface area contributed by atoms with Gasteiger partial charge in [-0.2, -0.15) is 15.2 Å². The number of hydrogen-bond acceptors (Lipinski definition) is 6. The van der Waals surface area contributed by atoms with Crippen molar-refractivity contribution in [2.75, 3.05) is 10.6 Å². The summed E-state index contributed by atoms with van der Waals surface area (Å²) in [5.74, 6) is -0.0225. The van der Waals surface area contributed by atoms with Crippen molar-refractivity contribution >= 4 is 17.5 Å². The number of ether oxygens (including phenoxy) is 1. The number of nitrogens with one attached hydrogen (secondary N) is 2. The average molecular weight is 450 g/mol. The average Bonchev–Trinajstić information content (AvgIpc) is 3.40. The maximum Gasteiger partial charge on any atom is 0.324 e. The van der Waals surface area contributed by atoms with E-state index >= 15 is 0 Å². The van der Waals surface area contributed by atoms with Crippen molar-refractivity contribution in [1.82, 2.24) is 29.5 Å². The second-order valence-corrected chi connectivity index (χ2v) is 8.27. The molecule has 3 heterocycles. The Bertz CT molecular complexity index is 1290. The minimum atomic E-state index is -0.639. The summed E-state index contributed by atoms with van der Waals surface area (Å²) in [5.41, 5.74) is 1.13. The van der Waals surface area contributed by atoms with Crippen LogP contribution in [0.3, 0.4) is 0 Å². The Morgan fingerprint density at radius 1 is 1.15 bits per heavy atom. The zero-order chi connectivity index (χ0) is 23.6. The smallest absolute Gasteiger partial charge is 0.324 e. The molecule has 1 aromatic carbocycles. The summed E-state index contributed by atoms with van der Waals surface area (Å²) >= 11 is 0. The van der Waals surface area contributed by atoms with E-state index in [4.69, 9.17) is 4.74 Å². The minimum absolute atomic E-state index is 0.0660. The molecule has 11 heteroatoms. The first-order valence-corrected chi connectivity index (χ1v) is 10.1. The van der Waals surface area contributed by atoms with Gasteiger partial charge in [0.25, 0.3) is 0 Å². The molecule has 2 N–H and O–H groups in total.